The van der Waals surface area contributed by atoms with E-state index >= 15 is 0 Å². The number of hydrogen-bond acceptors (Lipinski definition) is 5. The molecule has 7 nitrogen and oxygen atoms in total. The van der Waals surface area contributed by atoms with Gasteiger partial charge in [0.2, 0.25) is 5.91 Å². The first kappa shape index (κ1) is 29.6. The normalized spacial score (nSPS) is 12.0. The first-order chi connectivity index (χ1) is 18.2. The zero-order chi connectivity index (χ0) is 27.8. The Morgan fingerprint density at radius 3 is 2.53 bits per heavy atom. The van der Waals surface area contributed by atoms with Crippen molar-refractivity contribution >= 4 is 36.1 Å². The maximum absolute atomic E-state index is 12.7. The number of halogens is 1. The van der Waals surface area contributed by atoms with Crippen LogP contribution in [0.15, 0.2) is 42.5 Å². The molecule has 1 amide bonds. The molecule has 3 aromatic rings. The minimum absolute atomic E-state index is 0.114. The number of aromatic nitrogens is 2. The van der Waals surface area contributed by atoms with Crippen LogP contribution in [0, 0.1) is 5.92 Å². The largest absolute Gasteiger partial charge is 0.478 e. The number of aryl methyl sites for hydroxylation is 1. The van der Waals surface area contributed by atoms with Crippen LogP contribution in [0.25, 0.3) is 11.1 Å². The van der Waals surface area contributed by atoms with Crippen LogP contribution >= 0.6 is 24.2 Å². The number of rotatable bonds is 13. The standard InChI is InChI=1S/C29H36ClN3O4S/c1-5-13-37-29-32-24(6-2)25(16-31-27(34)26(38)14-18(3)4)33(29)17-19-11-12-21(23(30)15-19)20-9-7-8-10-22(20)28(35)36/h7-12,15,18,26,38H,5-6,13-14,16-17H2,1-4H3,(H,31,34)(H,35,36)/t26-/m0/s1. The van der Waals surface area contributed by atoms with Gasteiger partial charge in [-0.25, -0.2) is 4.79 Å². The minimum atomic E-state index is -1.01. The summed E-state index contributed by atoms with van der Waals surface area (Å²) in [4.78, 5) is 29.1. The van der Waals surface area contributed by atoms with Crippen molar-refractivity contribution in [1.82, 2.24) is 14.9 Å². The maximum Gasteiger partial charge on any atom is 0.336 e. The molecule has 9 heteroatoms. The minimum Gasteiger partial charge on any atom is -0.478 e. The number of carbonyl (C=O) groups is 2. The van der Waals surface area contributed by atoms with Gasteiger partial charge >= 0.3 is 5.97 Å². The third kappa shape index (κ3) is 7.32. The molecule has 0 spiro atoms. The molecule has 2 N–H and O–H groups in total. The first-order valence-corrected chi connectivity index (χ1v) is 13.8. The van der Waals surface area contributed by atoms with Gasteiger partial charge in [-0.2, -0.15) is 17.6 Å². The van der Waals surface area contributed by atoms with E-state index in [1.165, 1.54) is 0 Å². The summed E-state index contributed by atoms with van der Waals surface area (Å²) in [5.74, 6) is -0.755. The SMILES string of the molecule is CCCOc1nc(CC)c(CNC(=O)[C@@H](S)CC(C)C)n1Cc1ccc(-c2ccccc2C(=O)O)c(Cl)c1. The molecule has 0 fully saturated rings. The number of aromatic carboxylic acids is 1. The van der Waals surface area contributed by atoms with Gasteiger partial charge in [-0.1, -0.05) is 69.6 Å². The van der Waals surface area contributed by atoms with Crippen LogP contribution in [0.1, 0.15) is 67.8 Å². The van der Waals surface area contributed by atoms with Crippen molar-refractivity contribution in [2.45, 2.75) is 65.3 Å². The van der Waals surface area contributed by atoms with Crippen molar-refractivity contribution in [3.8, 4) is 17.1 Å². The van der Waals surface area contributed by atoms with Crippen molar-refractivity contribution in [2.24, 2.45) is 5.92 Å². The van der Waals surface area contributed by atoms with Crippen molar-refractivity contribution in [3.63, 3.8) is 0 Å². The molecule has 0 saturated heterocycles. The average molecular weight is 558 g/mol. The van der Waals surface area contributed by atoms with Crippen LogP contribution < -0.4 is 10.1 Å². The number of nitrogens with one attached hydrogen (secondary N) is 1. The van der Waals surface area contributed by atoms with Gasteiger partial charge in [0.1, 0.15) is 0 Å². The highest BCUT2D eigenvalue weighted by atomic mass is 35.5. The summed E-state index contributed by atoms with van der Waals surface area (Å²) in [7, 11) is 0. The third-order valence-corrected chi connectivity index (χ3v) is 6.90. The van der Waals surface area contributed by atoms with Crippen molar-refractivity contribution < 1.29 is 19.4 Å². The van der Waals surface area contributed by atoms with Crippen molar-refractivity contribution in [2.75, 3.05) is 6.61 Å². The molecule has 0 bridgehead atoms. The zero-order valence-electron chi connectivity index (χ0n) is 22.3. The van der Waals surface area contributed by atoms with Gasteiger partial charge in [0.15, 0.2) is 0 Å². The van der Waals surface area contributed by atoms with Crippen molar-refractivity contribution in [3.05, 3.63) is 70.0 Å². The fourth-order valence-corrected chi connectivity index (χ4v) is 5.08. The Labute approximate surface area is 235 Å². The second kappa shape index (κ2) is 13.7. The lowest BCUT2D eigenvalue weighted by atomic mass is 9.98. The summed E-state index contributed by atoms with van der Waals surface area (Å²) >= 11 is 11.1. The average Bonchev–Trinajstić information content (AvgIpc) is 3.21. The van der Waals surface area contributed by atoms with E-state index < -0.39 is 5.97 Å². The lowest BCUT2D eigenvalue weighted by Crippen LogP contribution is -2.32. The Bertz CT molecular complexity index is 1270. The van der Waals surface area contributed by atoms with Crippen LogP contribution in [-0.2, 0) is 24.3 Å². The van der Waals surface area contributed by atoms with E-state index in [9.17, 15) is 14.7 Å². The zero-order valence-corrected chi connectivity index (χ0v) is 24.0. The van der Waals surface area contributed by atoms with E-state index in [-0.39, 0.29) is 16.7 Å². The number of ether oxygens (including phenoxy) is 1. The molecule has 1 aromatic heterocycles. The molecule has 0 aliphatic rings. The van der Waals surface area contributed by atoms with E-state index in [1.807, 2.05) is 36.6 Å². The molecule has 204 valence electrons. The fraction of sp³-hybridized carbons (Fsp3) is 0.414. The summed E-state index contributed by atoms with van der Waals surface area (Å²) in [6.07, 6.45) is 2.21. The Morgan fingerprint density at radius 2 is 1.89 bits per heavy atom. The van der Waals surface area contributed by atoms with Gasteiger partial charge in [0, 0.05) is 10.6 Å². The number of carboxylic acids is 1. The molecule has 3 rings (SSSR count). The van der Waals surface area contributed by atoms with E-state index in [4.69, 9.17) is 21.3 Å². The molecular weight excluding hydrogens is 522 g/mol. The molecule has 0 aliphatic heterocycles. The number of carbonyl (C=O) groups excluding carboxylic acids is 1. The quantitative estimate of drug-likeness (QED) is 0.216. The monoisotopic (exact) mass is 557 g/mol. The first-order valence-electron chi connectivity index (χ1n) is 12.9. The van der Waals surface area contributed by atoms with Gasteiger partial charge in [-0.05, 0) is 48.4 Å². The van der Waals surface area contributed by atoms with E-state index in [2.05, 4.69) is 31.8 Å². The molecule has 1 heterocycles. The molecule has 0 saturated carbocycles. The Hall–Kier alpha value is -2.97. The second-order valence-corrected chi connectivity index (χ2v) is 10.6. The molecule has 0 aliphatic carbocycles. The predicted octanol–water partition coefficient (Wildman–Crippen LogP) is 6.26. The molecule has 0 radical (unpaired) electrons. The topological polar surface area (TPSA) is 93.5 Å². The van der Waals surface area contributed by atoms with E-state index in [0.717, 1.165) is 23.4 Å². The predicted molar refractivity (Wildman–Crippen MR) is 154 cm³/mol. The number of amides is 1. The van der Waals surface area contributed by atoms with Crippen LogP contribution in [0.5, 0.6) is 6.01 Å². The second-order valence-electron chi connectivity index (χ2n) is 9.60. The van der Waals surface area contributed by atoms with Gasteiger partial charge in [0.05, 0.1) is 41.9 Å². The smallest absolute Gasteiger partial charge is 0.336 e. The Morgan fingerprint density at radius 1 is 1.16 bits per heavy atom. The molecular formula is C29H36ClN3O4S. The number of imidazole rings is 1. The third-order valence-electron chi connectivity index (χ3n) is 6.14. The van der Waals surface area contributed by atoms with Crippen LogP contribution in [0.3, 0.4) is 0 Å². The van der Waals surface area contributed by atoms with Gasteiger partial charge in [-0.15, -0.1) is 0 Å². The lowest BCUT2D eigenvalue weighted by Gasteiger charge is -2.17. The summed E-state index contributed by atoms with van der Waals surface area (Å²) in [6.45, 7) is 9.43. The molecule has 1 atom stereocenters. The highest BCUT2D eigenvalue weighted by molar-refractivity contribution is 7.81. The van der Waals surface area contributed by atoms with Gasteiger partial charge in [-0.3, -0.25) is 9.36 Å². The molecule has 38 heavy (non-hydrogen) atoms. The number of benzene rings is 2. The maximum atomic E-state index is 12.7. The lowest BCUT2D eigenvalue weighted by molar-refractivity contribution is -0.121. The highest BCUT2D eigenvalue weighted by Gasteiger charge is 2.21. The van der Waals surface area contributed by atoms with Gasteiger partial charge in [0.25, 0.3) is 6.01 Å². The summed E-state index contributed by atoms with van der Waals surface area (Å²) in [5.41, 5.74) is 4.02. The van der Waals surface area contributed by atoms with Crippen molar-refractivity contribution in [1.29, 1.82) is 0 Å². The van der Waals surface area contributed by atoms with Gasteiger partial charge < -0.3 is 15.2 Å². The number of nitrogens with zero attached hydrogens (tertiary/aromatic N) is 2. The number of thiol groups is 1. The van der Waals surface area contributed by atoms with E-state index in [0.29, 0.717) is 60.6 Å². The Balaban J connectivity index is 1.93. The van der Waals surface area contributed by atoms with Crippen LogP contribution in [0.2, 0.25) is 5.02 Å². The number of carboxylic acid groups (broad SMARTS) is 1. The summed E-state index contributed by atoms with van der Waals surface area (Å²) in [6, 6.07) is 12.9. The van der Waals surface area contributed by atoms with Crippen LogP contribution in [-0.4, -0.2) is 38.4 Å². The number of hydrogen-bond donors (Lipinski definition) is 3. The summed E-state index contributed by atoms with van der Waals surface area (Å²) < 4.78 is 7.95. The van der Waals surface area contributed by atoms with Crippen LogP contribution in [0.4, 0.5) is 0 Å². The Kier molecular flexibility index (Phi) is 10.7. The highest BCUT2D eigenvalue weighted by Crippen LogP contribution is 2.32. The molecule has 2 aromatic carbocycles. The summed E-state index contributed by atoms with van der Waals surface area (Å²) in [5, 5.41) is 12.7. The fourth-order valence-electron chi connectivity index (χ4n) is 4.26. The van der Waals surface area contributed by atoms with E-state index in [1.54, 1.807) is 24.3 Å². The molecule has 0 unspecified atom stereocenters.